The molecule has 0 saturated heterocycles. The van der Waals surface area contributed by atoms with Crippen LogP contribution in [-0.4, -0.2) is 40.0 Å². The van der Waals surface area contributed by atoms with Crippen LogP contribution in [0.3, 0.4) is 0 Å². The first kappa shape index (κ1) is 23.3. The van der Waals surface area contributed by atoms with Gasteiger partial charge in [0.1, 0.15) is 0 Å². The van der Waals surface area contributed by atoms with Crippen molar-refractivity contribution in [3.8, 4) is 0 Å². The molecule has 0 aliphatic rings. The molecule has 24 heavy (non-hydrogen) atoms. The summed E-state index contributed by atoms with van der Waals surface area (Å²) < 4.78 is 0. The zero-order valence-electron chi connectivity index (χ0n) is 17.2. The fourth-order valence-corrected chi connectivity index (χ4v) is 2.41. The van der Waals surface area contributed by atoms with Gasteiger partial charge in [0, 0.05) is 23.5 Å². The Morgan fingerprint density at radius 1 is 0.917 bits per heavy atom. The number of nitrogens with one attached hydrogen (secondary N) is 3. The Labute approximate surface area is 148 Å². The summed E-state index contributed by atoms with van der Waals surface area (Å²) in [5, 5.41) is 15.4. The largest absolute Gasteiger partial charge is 0.479 e. The smallest absolute Gasteiger partial charge is 0.342 e. The van der Waals surface area contributed by atoms with E-state index in [0.717, 1.165) is 19.3 Å². The van der Waals surface area contributed by atoms with E-state index in [0.29, 0.717) is 0 Å². The molecular weight excluding hydrogens is 304 g/mol. The molecule has 0 aromatic heterocycles. The number of carbonyl (C=O) groups is 1. The highest BCUT2D eigenvalue weighted by molar-refractivity contribution is 5.79. The Balaban J connectivity index is 6.06. The molecule has 0 aromatic carbocycles. The fraction of sp³-hybridized carbons (Fsp3) is 0.944. The molecule has 4 unspecified atom stereocenters. The average molecular weight is 345 g/mol. The van der Waals surface area contributed by atoms with Crippen LogP contribution in [0.2, 0.25) is 0 Å². The third-order valence-electron chi connectivity index (χ3n) is 4.72. The van der Waals surface area contributed by atoms with Crippen LogP contribution in [-0.2, 0) is 4.79 Å². The summed E-state index contributed by atoms with van der Waals surface area (Å²) in [4.78, 5) is 12.5. The monoisotopic (exact) mass is 344 g/mol. The lowest BCUT2D eigenvalue weighted by molar-refractivity contribution is -0.183. The van der Waals surface area contributed by atoms with Crippen molar-refractivity contribution in [3.05, 3.63) is 0 Å². The van der Waals surface area contributed by atoms with Gasteiger partial charge in [0.25, 0.3) is 0 Å². The molecule has 0 bridgehead atoms. The second kappa shape index (κ2) is 9.70. The molecule has 0 radical (unpaired) electrons. The maximum atomic E-state index is 12.5. The molecule has 0 aliphatic carbocycles. The summed E-state index contributed by atoms with van der Waals surface area (Å²) in [6.45, 7) is 18.2. The molecule has 0 aliphatic heterocycles. The second-order valence-corrected chi connectivity index (χ2v) is 7.93. The first-order chi connectivity index (χ1) is 11.0. The van der Waals surface area contributed by atoms with Gasteiger partial charge in [-0.3, -0.25) is 5.32 Å². The van der Waals surface area contributed by atoms with Crippen LogP contribution >= 0.6 is 0 Å². The molecule has 4 N–H and O–H groups in total. The third-order valence-corrected chi connectivity index (χ3v) is 4.72. The van der Waals surface area contributed by atoms with Gasteiger partial charge in [-0.2, -0.15) is 0 Å². The number of hydrogen-bond acceptors (Lipinski definition) is 5. The first-order valence-corrected chi connectivity index (χ1v) is 9.29. The summed E-state index contributed by atoms with van der Waals surface area (Å²) in [5.41, 5.74) is 4.90. The van der Waals surface area contributed by atoms with Gasteiger partial charge >= 0.3 is 5.97 Å². The molecule has 144 valence electrons. The van der Waals surface area contributed by atoms with Gasteiger partial charge in [-0.05, 0) is 40.0 Å². The fourth-order valence-electron chi connectivity index (χ4n) is 2.41. The number of rotatable bonds is 11. The Bertz CT molecular complexity index is 372. The zero-order chi connectivity index (χ0) is 19.1. The Kier molecular flexibility index (Phi) is 9.43. The minimum Gasteiger partial charge on any atom is -0.479 e. The molecule has 6 heteroatoms. The summed E-state index contributed by atoms with van der Waals surface area (Å²) in [6.07, 6.45) is 2.66. The van der Waals surface area contributed by atoms with Gasteiger partial charge in [-0.25, -0.2) is 15.6 Å². The quantitative estimate of drug-likeness (QED) is 0.341. The van der Waals surface area contributed by atoms with Gasteiger partial charge in [0.05, 0.1) is 0 Å². The highest BCUT2D eigenvalue weighted by Gasteiger charge is 2.55. The van der Waals surface area contributed by atoms with Crippen molar-refractivity contribution in [3.63, 3.8) is 0 Å². The van der Waals surface area contributed by atoms with Crippen molar-refractivity contribution >= 4 is 5.97 Å². The number of aliphatic carboxylic acids is 1. The summed E-state index contributed by atoms with van der Waals surface area (Å²) in [5.74, 6) is -0.887. The molecule has 0 saturated carbocycles. The SMILES string of the molecule is CCC(C)NN(NC(C)CC)C(NC(C)CC)(C(=O)O)C(C)(C)C. The lowest BCUT2D eigenvalue weighted by Crippen LogP contribution is -2.79. The summed E-state index contributed by atoms with van der Waals surface area (Å²) >= 11 is 0. The zero-order valence-corrected chi connectivity index (χ0v) is 17.2. The van der Waals surface area contributed by atoms with Gasteiger partial charge in [0.15, 0.2) is 0 Å². The van der Waals surface area contributed by atoms with E-state index >= 15 is 0 Å². The minimum atomic E-state index is -1.28. The van der Waals surface area contributed by atoms with Crippen molar-refractivity contribution < 1.29 is 9.90 Å². The molecule has 0 fully saturated rings. The predicted octanol–water partition coefficient (Wildman–Crippen LogP) is 3.11. The number of carboxylic acid groups (broad SMARTS) is 1. The number of carboxylic acids is 1. The van der Waals surface area contributed by atoms with Crippen molar-refractivity contribution in [2.75, 3.05) is 0 Å². The van der Waals surface area contributed by atoms with E-state index in [-0.39, 0.29) is 18.1 Å². The topological polar surface area (TPSA) is 76.6 Å². The highest BCUT2D eigenvalue weighted by atomic mass is 16.4. The minimum absolute atomic E-state index is 0.0697. The Morgan fingerprint density at radius 2 is 1.29 bits per heavy atom. The standard InChI is InChI=1S/C18H40N4O2/c1-10-13(4)19-18(16(23)24,17(7,8)9)22(20-14(5)11-2)21-15(6)12-3/h13-15,19-21H,10-12H2,1-9H3,(H,23,24). The number of hydrazine groups is 2. The maximum Gasteiger partial charge on any atom is 0.342 e. The van der Waals surface area contributed by atoms with E-state index < -0.39 is 17.0 Å². The van der Waals surface area contributed by atoms with Crippen molar-refractivity contribution in [2.45, 2.75) is 105 Å². The van der Waals surface area contributed by atoms with Crippen molar-refractivity contribution in [1.82, 2.24) is 21.3 Å². The van der Waals surface area contributed by atoms with E-state index in [1.807, 2.05) is 27.7 Å². The van der Waals surface area contributed by atoms with Crippen LogP contribution in [0.25, 0.3) is 0 Å². The van der Waals surface area contributed by atoms with Crippen LogP contribution < -0.4 is 16.2 Å². The molecule has 6 nitrogen and oxygen atoms in total. The van der Waals surface area contributed by atoms with E-state index in [9.17, 15) is 9.90 Å². The van der Waals surface area contributed by atoms with Crippen molar-refractivity contribution in [1.29, 1.82) is 0 Å². The van der Waals surface area contributed by atoms with E-state index in [1.165, 1.54) is 0 Å². The lowest BCUT2D eigenvalue weighted by atomic mass is 9.79. The van der Waals surface area contributed by atoms with Crippen LogP contribution in [0.5, 0.6) is 0 Å². The second-order valence-electron chi connectivity index (χ2n) is 7.93. The van der Waals surface area contributed by atoms with Gasteiger partial charge in [0.2, 0.25) is 5.66 Å². The molecular formula is C18H40N4O2. The highest BCUT2D eigenvalue weighted by Crippen LogP contribution is 2.33. The third kappa shape index (κ3) is 5.69. The molecule has 0 aromatic rings. The number of nitrogens with zero attached hydrogens (tertiary/aromatic N) is 1. The predicted molar refractivity (Wildman–Crippen MR) is 100 cm³/mol. The normalized spacial score (nSPS) is 18.9. The van der Waals surface area contributed by atoms with Gasteiger partial charge < -0.3 is 5.11 Å². The lowest BCUT2D eigenvalue weighted by Gasteiger charge is -2.51. The number of hydrogen-bond donors (Lipinski definition) is 4. The van der Waals surface area contributed by atoms with Crippen LogP contribution in [0.1, 0.15) is 81.6 Å². The molecule has 4 atom stereocenters. The van der Waals surface area contributed by atoms with Crippen molar-refractivity contribution in [2.24, 2.45) is 5.41 Å². The molecule has 0 amide bonds. The molecule has 0 heterocycles. The molecule has 0 spiro atoms. The average Bonchev–Trinajstić information content (AvgIpc) is 2.49. The van der Waals surface area contributed by atoms with Crippen LogP contribution in [0.4, 0.5) is 0 Å². The first-order valence-electron chi connectivity index (χ1n) is 9.29. The van der Waals surface area contributed by atoms with E-state index in [2.05, 4.69) is 50.8 Å². The van der Waals surface area contributed by atoms with Crippen LogP contribution in [0, 0.1) is 5.41 Å². The summed E-state index contributed by atoms with van der Waals surface area (Å²) in [7, 11) is 0. The van der Waals surface area contributed by atoms with Gasteiger partial charge in [-0.1, -0.05) is 41.5 Å². The molecule has 0 rings (SSSR count). The van der Waals surface area contributed by atoms with Crippen LogP contribution in [0.15, 0.2) is 0 Å². The van der Waals surface area contributed by atoms with Gasteiger partial charge in [-0.15, -0.1) is 5.12 Å². The Hall–Kier alpha value is -0.690. The maximum absolute atomic E-state index is 12.5. The van der Waals surface area contributed by atoms with E-state index in [1.54, 1.807) is 5.12 Å². The summed E-state index contributed by atoms with van der Waals surface area (Å²) in [6, 6.07) is 0.378. The van der Waals surface area contributed by atoms with E-state index in [4.69, 9.17) is 0 Å². The Morgan fingerprint density at radius 3 is 1.54 bits per heavy atom.